The van der Waals surface area contributed by atoms with Gasteiger partial charge in [0, 0.05) is 32.3 Å². The lowest BCUT2D eigenvalue weighted by molar-refractivity contribution is 0.152. The summed E-state index contributed by atoms with van der Waals surface area (Å²) in [4.78, 5) is 2.47. The maximum Gasteiger partial charge on any atom is 0.123 e. The van der Waals surface area contributed by atoms with Crippen LogP contribution in [0, 0.1) is 5.92 Å². The first kappa shape index (κ1) is 14.3. The van der Waals surface area contributed by atoms with Crippen LogP contribution in [0.5, 0.6) is 5.75 Å². The Morgan fingerprint density at radius 3 is 2.89 bits per heavy atom. The molecule has 1 saturated heterocycles. The molecule has 1 atom stereocenters. The van der Waals surface area contributed by atoms with Gasteiger partial charge in [-0.05, 0) is 30.5 Å². The van der Waals surface area contributed by atoms with Gasteiger partial charge in [0.2, 0.25) is 0 Å². The standard InChI is InChI=1S/C15H24N2O2/c1-18-11-13-5-6-17(10-13)9-12-3-4-14(8-16)15(7-12)19-2/h3-4,7,13H,5-6,8-11,16H2,1-2H3. The molecule has 0 amide bonds. The minimum absolute atomic E-state index is 0.517. The van der Waals surface area contributed by atoms with Gasteiger partial charge in [0.05, 0.1) is 13.7 Å². The van der Waals surface area contributed by atoms with Gasteiger partial charge in [-0.15, -0.1) is 0 Å². The van der Waals surface area contributed by atoms with Gasteiger partial charge >= 0.3 is 0 Å². The number of rotatable bonds is 6. The fraction of sp³-hybridized carbons (Fsp3) is 0.600. The molecule has 1 aliphatic rings. The normalized spacial score (nSPS) is 19.8. The third-order valence-electron chi connectivity index (χ3n) is 3.75. The first-order valence-electron chi connectivity index (χ1n) is 6.84. The predicted molar refractivity (Wildman–Crippen MR) is 76.1 cm³/mol. The molecular formula is C15H24N2O2. The number of benzene rings is 1. The molecule has 2 rings (SSSR count). The van der Waals surface area contributed by atoms with Crippen LogP contribution >= 0.6 is 0 Å². The first-order valence-corrected chi connectivity index (χ1v) is 6.84. The number of hydrogen-bond acceptors (Lipinski definition) is 4. The van der Waals surface area contributed by atoms with E-state index in [1.807, 2.05) is 0 Å². The molecule has 19 heavy (non-hydrogen) atoms. The SMILES string of the molecule is COCC1CCN(Cc2ccc(CN)c(OC)c2)C1. The zero-order valence-corrected chi connectivity index (χ0v) is 11.9. The Balaban J connectivity index is 1.96. The molecule has 106 valence electrons. The topological polar surface area (TPSA) is 47.7 Å². The summed E-state index contributed by atoms with van der Waals surface area (Å²) in [7, 11) is 3.47. The van der Waals surface area contributed by atoms with E-state index in [4.69, 9.17) is 15.2 Å². The number of ether oxygens (including phenoxy) is 2. The summed E-state index contributed by atoms with van der Waals surface area (Å²) in [5.41, 5.74) is 8.03. The fourth-order valence-corrected chi connectivity index (χ4v) is 2.74. The van der Waals surface area contributed by atoms with Gasteiger partial charge in [-0.3, -0.25) is 4.90 Å². The van der Waals surface area contributed by atoms with Gasteiger partial charge in [-0.25, -0.2) is 0 Å². The van der Waals surface area contributed by atoms with E-state index >= 15 is 0 Å². The number of hydrogen-bond donors (Lipinski definition) is 1. The summed E-state index contributed by atoms with van der Waals surface area (Å²) < 4.78 is 10.6. The van der Waals surface area contributed by atoms with Crippen molar-refractivity contribution in [1.82, 2.24) is 4.90 Å². The molecule has 1 aromatic rings. The highest BCUT2D eigenvalue weighted by atomic mass is 16.5. The van der Waals surface area contributed by atoms with Gasteiger partial charge < -0.3 is 15.2 Å². The molecule has 2 N–H and O–H groups in total. The van der Waals surface area contributed by atoms with E-state index in [1.54, 1.807) is 14.2 Å². The van der Waals surface area contributed by atoms with Gasteiger partial charge in [0.15, 0.2) is 0 Å². The Morgan fingerprint density at radius 1 is 1.37 bits per heavy atom. The van der Waals surface area contributed by atoms with E-state index in [2.05, 4.69) is 23.1 Å². The molecule has 4 heteroatoms. The van der Waals surface area contributed by atoms with E-state index in [1.165, 1.54) is 12.0 Å². The van der Waals surface area contributed by atoms with Crippen LogP contribution in [0.4, 0.5) is 0 Å². The minimum atomic E-state index is 0.517. The maximum absolute atomic E-state index is 5.69. The summed E-state index contributed by atoms with van der Waals surface area (Å²) in [5, 5.41) is 0. The average Bonchev–Trinajstić information content (AvgIpc) is 2.86. The third kappa shape index (κ3) is 3.69. The molecule has 1 aromatic carbocycles. The number of methoxy groups -OCH3 is 2. The van der Waals surface area contributed by atoms with Crippen LogP contribution in [-0.2, 0) is 17.8 Å². The van der Waals surface area contributed by atoms with Crippen molar-refractivity contribution in [2.75, 3.05) is 33.9 Å². The van der Waals surface area contributed by atoms with Crippen molar-refractivity contribution in [2.45, 2.75) is 19.5 Å². The van der Waals surface area contributed by atoms with Crippen molar-refractivity contribution in [3.05, 3.63) is 29.3 Å². The smallest absolute Gasteiger partial charge is 0.123 e. The van der Waals surface area contributed by atoms with Crippen molar-refractivity contribution in [2.24, 2.45) is 11.7 Å². The molecule has 1 unspecified atom stereocenters. The summed E-state index contributed by atoms with van der Waals surface area (Å²) in [6.07, 6.45) is 1.23. The van der Waals surface area contributed by atoms with Crippen LogP contribution in [0.1, 0.15) is 17.5 Å². The van der Waals surface area contributed by atoms with Crippen molar-refractivity contribution in [1.29, 1.82) is 0 Å². The second-order valence-electron chi connectivity index (χ2n) is 5.20. The van der Waals surface area contributed by atoms with E-state index in [-0.39, 0.29) is 0 Å². The van der Waals surface area contributed by atoms with Crippen LogP contribution in [-0.4, -0.2) is 38.8 Å². The van der Waals surface area contributed by atoms with Gasteiger partial charge in [-0.2, -0.15) is 0 Å². The lowest BCUT2D eigenvalue weighted by Gasteiger charge is -2.17. The lowest BCUT2D eigenvalue weighted by Crippen LogP contribution is -2.21. The van der Waals surface area contributed by atoms with E-state index in [0.717, 1.165) is 37.6 Å². The molecule has 1 aliphatic heterocycles. The average molecular weight is 264 g/mol. The highest BCUT2D eigenvalue weighted by Gasteiger charge is 2.22. The summed E-state index contributed by atoms with van der Waals surface area (Å²) in [6, 6.07) is 6.32. The van der Waals surface area contributed by atoms with Gasteiger partial charge in [-0.1, -0.05) is 12.1 Å². The monoisotopic (exact) mass is 264 g/mol. The second kappa shape index (κ2) is 6.89. The van der Waals surface area contributed by atoms with E-state index in [0.29, 0.717) is 12.5 Å². The largest absolute Gasteiger partial charge is 0.496 e. The first-order chi connectivity index (χ1) is 9.26. The Kier molecular flexibility index (Phi) is 5.19. The van der Waals surface area contributed by atoms with Crippen molar-refractivity contribution < 1.29 is 9.47 Å². The Morgan fingerprint density at radius 2 is 2.21 bits per heavy atom. The van der Waals surface area contributed by atoms with Crippen LogP contribution < -0.4 is 10.5 Å². The molecule has 1 fully saturated rings. The molecule has 1 heterocycles. The third-order valence-corrected chi connectivity index (χ3v) is 3.75. The van der Waals surface area contributed by atoms with Crippen molar-refractivity contribution in [3.8, 4) is 5.75 Å². The van der Waals surface area contributed by atoms with Gasteiger partial charge in [0.25, 0.3) is 0 Å². The highest BCUT2D eigenvalue weighted by Crippen LogP contribution is 2.23. The van der Waals surface area contributed by atoms with Crippen LogP contribution in [0.15, 0.2) is 18.2 Å². The molecule has 0 spiro atoms. The molecule has 0 bridgehead atoms. The Labute approximate surface area is 115 Å². The number of nitrogens with zero attached hydrogens (tertiary/aromatic N) is 1. The highest BCUT2D eigenvalue weighted by molar-refractivity contribution is 5.37. The second-order valence-corrected chi connectivity index (χ2v) is 5.20. The van der Waals surface area contributed by atoms with Crippen LogP contribution in [0.25, 0.3) is 0 Å². The fourth-order valence-electron chi connectivity index (χ4n) is 2.74. The quantitative estimate of drug-likeness (QED) is 0.848. The van der Waals surface area contributed by atoms with Gasteiger partial charge in [0.1, 0.15) is 5.75 Å². The number of nitrogens with two attached hydrogens (primary N) is 1. The van der Waals surface area contributed by atoms with Crippen LogP contribution in [0.2, 0.25) is 0 Å². The minimum Gasteiger partial charge on any atom is -0.496 e. The van der Waals surface area contributed by atoms with Crippen LogP contribution in [0.3, 0.4) is 0 Å². The Hall–Kier alpha value is -1.10. The molecule has 0 aromatic heterocycles. The van der Waals surface area contributed by atoms with Crippen molar-refractivity contribution in [3.63, 3.8) is 0 Å². The molecule has 0 saturated carbocycles. The lowest BCUT2D eigenvalue weighted by atomic mass is 10.1. The van der Waals surface area contributed by atoms with E-state index in [9.17, 15) is 0 Å². The summed E-state index contributed by atoms with van der Waals surface area (Å²) in [5.74, 6) is 1.57. The predicted octanol–water partition coefficient (Wildman–Crippen LogP) is 1.62. The zero-order valence-electron chi connectivity index (χ0n) is 11.9. The van der Waals surface area contributed by atoms with Crippen molar-refractivity contribution >= 4 is 0 Å². The molecular weight excluding hydrogens is 240 g/mol. The summed E-state index contributed by atoms with van der Waals surface area (Å²) in [6.45, 7) is 4.63. The van der Waals surface area contributed by atoms with E-state index < -0.39 is 0 Å². The molecule has 0 radical (unpaired) electrons. The Bertz CT molecular complexity index is 409. The zero-order chi connectivity index (χ0) is 13.7. The maximum atomic E-state index is 5.69. The number of likely N-dealkylation sites (tertiary alicyclic amines) is 1. The molecule has 0 aliphatic carbocycles. The summed E-state index contributed by atoms with van der Waals surface area (Å²) >= 11 is 0. The molecule has 4 nitrogen and oxygen atoms in total.